The van der Waals surface area contributed by atoms with Gasteiger partial charge in [-0.3, -0.25) is 13.9 Å². The molecular formula is C29H33F2N3O5S. The molecule has 3 rings (SSSR count). The van der Waals surface area contributed by atoms with E-state index in [0.29, 0.717) is 17.9 Å². The van der Waals surface area contributed by atoms with Crippen LogP contribution in [0.1, 0.15) is 26.3 Å². The number of nitrogens with zero attached hydrogens (tertiary/aromatic N) is 2. The van der Waals surface area contributed by atoms with Gasteiger partial charge >= 0.3 is 0 Å². The minimum atomic E-state index is -4.31. The molecule has 40 heavy (non-hydrogen) atoms. The molecule has 1 N–H and O–H groups in total. The van der Waals surface area contributed by atoms with Gasteiger partial charge in [0.2, 0.25) is 11.8 Å². The second-order valence-electron chi connectivity index (χ2n) is 9.63. The van der Waals surface area contributed by atoms with E-state index < -0.39 is 46.1 Å². The third kappa shape index (κ3) is 7.78. The van der Waals surface area contributed by atoms with Crippen molar-refractivity contribution in [3.8, 4) is 5.75 Å². The summed E-state index contributed by atoms with van der Waals surface area (Å²) in [6, 6.07) is 14.8. The lowest BCUT2D eigenvalue weighted by atomic mass is 10.1. The normalized spacial score (nSPS) is 12.1. The lowest BCUT2D eigenvalue weighted by Crippen LogP contribution is -2.51. The van der Waals surface area contributed by atoms with Gasteiger partial charge in [0.15, 0.2) is 0 Å². The zero-order valence-corrected chi connectivity index (χ0v) is 23.6. The smallest absolute Gasteiger partial charge is 0.264 e. The summed E-state index contributed by atoms with van der Waals surface area (Å²) in [6.07, 6.45) is 0. The topological polar surface area (TPSA) is 96.0 Å². The van der Waals surface area contributed by atoms with Gasteiger partial charge in [-0.05, 0) is 79.1 Å². The van der Waals surface area contributed by atoms with E-state index >= 15 is 0 Å². The van der Waals surface area contributed by atoms with Gasteiger partial charge in [-0.2, -0.15) is 0 Å². The van der Waals surface area contributed by atoms with Crippen molar-refractivity contribution in [2.75, 3.05) is 24.5 Å². The maximum Gasteiger partial charge on any atom is 0.264 e. The molecule has 1 atom stereocenters. The molecule has 0 aliphatic carbocycles. The second-order valence-corrected chi connectivity index (χ2v) is 11.5. The molecule has 214 valence electrons. The number of methoxy groups -OCH3 is 1. The number of carbonyl (C=O) groups excluding carboxylic acids is 2. The molecule has 0 radical (unpaired) electrons. The summed E-state index contributed by atoms with van der Waals surface area (Å²) in [5.41, 5.74) is 0.605. The molecule has 1 unspecified atom stereocenters. The SMILES string of the molecule is COc1ccc(S(=O)(=O)N(CC(=O)N(Cc2ccc(F)cc2)C(C)C(=O)NCC(C)C)c2ccc(F)cc2)cc1. The first kappa shape index (κ1) is 30.6. The molecule has 3 aromatic carbocycles. The molecule has 0 aliphatic heterocycles. The predicted molar refractivity (Wildman–Crippen MR) is 148 cm³/mol. The van der Waals surface area contributed by atoms with E-state index in [2.05, 4.69) is 5.32 Å². The van der Waals surface area contributed by atoms with Gasteiger partial charge < -0.3 is 15.0 Å². The first-order valence-corrected chi connectivity index (χ1v) is 14.1. The van der Waals surface area contributed by atoms with Crippen molar-refractivity contribution in [2.45, 2.75) is 38.3 Å². The van der Waals surface area contributed by atoms with Crippen LogP contribution in [0, 0.1) is 17.6 Å². The third-order valence-electron chi connectivity index (χ3n) is 6.16. The molecule has 0 aliphatic rings. The first-order chi connectivity index (χ1) is 18.9. The van der Waals surface area contributed by atoms with Crippen LogP contribution in [-0.4, -0.2) is 51.4 Å². The third-order valence-corrected chi connectivity index (χ3v) is 7.95. The fourth-order valence-corrected chi connectivity index (χ4v) is 5.25. The van der Waals surface area contributed by atoms with Gasteiger partial charge in [-0.15, -0.1) is 0 Å². The molecule has 0 saturated carbocycles. The highest BCUT2D eigenvalue weighted by atomic mass is 32.2. The Morgan fingerprint density at radius 2 is 1.43 bits per heavy atom. The molecular weight excluding hydrogens is 540 g/mol. The van der Waals surface area contributed by atoms with Crippen molar-refractivity contribution in [1.82, 2.24) is 10.2 Å². The molecule has 8 nitrogen and oxygen atoms in total. The molecule has 0 bridgehead atoms. The van der Waals surface area contributed by atoms with E-state index in [1.165, 1.54) is 79.6 Å². The number of anilines is 1. The average Bonchev–Trinajstić information content (AvgIpc) is 2.94. The summed E-state index contributed by atoms with van der Waals surface area (Å²) >= 11 is 0. The van der Waals surface area contributed by atoms with Crippen LogP contribution in [-0.2, 0) is 26.2 Å². The highest BCUT2D eigenvalue weighted by Gasteiger charge is 2.32. The van der Waals surface area contributed by atoms with Crippen LogP contribution in [0.3, 0.4) is 0 Å². The molecule has 0 saturated heterocycles. The number of ether oxygens (including phenoxy) is 1. The lowest BCUT2D eigenvalue weighted by molar-refractivity contribution is -0.139. The van der Waals surface area contributed by atoms with Crippen molar-refractivity contribution >= 4 is 27.5 Å². The van der Waals surface area contributed by atoms with Crippen LogP contribution < -0.4 is 14.4 Å². The van der Waals surface area contributed by atoms with Crippen LogP contribution >= 0.6 is 0 Å². The van der Waals surface area contributed by atoms with Gasteiger partial charge in [0.25, 0.3) is 10.0 Å². The van der Waals surface area contributed by atoms with Crippen molar-refractivity contribution in [3.63, 3.8) is 0 Å². The lowest BCUT2D eigenvalue weighted by Gasteiger charge is -2.32. The first-order valence-electron chi connectivity index (χ1n) is 12.7. The number of rotatable bonds is 12. The number of amides is 2. The Morgan fingerprint density at radius 3 is 1.95 bits per heavy atom. The van der Waals surface area contributed by atoms with E-state index in [4.69, 9.17) is 4.74 Å². The van der Waals surface area contributed by atoms with Crippen LogP contribution in [0.2, 0.25) is 0 Å². The summed E-state index contributed by atoms with van der Waals surface area (Å²) in [5, 5.41) is 2.79. The summed E-state index contributed by atoms with van der Waals surface area (Å²) in [7, 11) is -2.86. The number of halogens is 2. The highest BCUT2D eigenvalue weighted by Crippen LogP contribution is 2.26. The standard InChI is InChI=1S/C29H33F2N3O5S/c1-20(2)17-32-29(36)21(3)33(18-22-5-7-23(30)8-6-22)28(35)19-34(25-11-9-24(31)10-12-25)40(37,38)27-15-13-26(39-4)14-16-27/h5-16,20-21H,17-19H2,1-4H3,(H,32,36). The molecule has 2 amide bonds. The molecule has 3 aromatic rings. The van der Waals surface area contributed by atoms with E-state index in [9.17, 15) is 26.8 Å². The minimum absolute atomic E-state index is 0.0595. The average molecular weight is 574 g/mol. The highest BCUT2D eigenvalue weighted by molar-refractivity contribution is 7.92. The van der Waals surface area contributed by atoms with Crippen LogP contribution in [0.15, 0.2) is 77.7 Å². The molecule has 0 heterocycles. The monoisotopic (exact) mass is 573 g/mol. The number of hydrogen-bond acceptors (Lipinski definition) is 5. The Kier molecular flexibility index (Phi) is 10.2. The van der Waals surface area contributed by atoms with E-state index in [1.54, 1.807) is 0 Å². The van der Waals surface area contributed by atoms with Gasteiger partial charge in [-0.25, -0.2) is 17.2 Å². The molecule has 0 aromatic heterocycles. The molecule has 0 spiro atoms. The summed E-state index contributed by atoms with van der Waals surface area (Å²) in [4.78, 5) is 27.9. The maximum absolute atomic E-state index is 13.8. The van der Waals surface area contributed by atoms with Gasteiger partial charge in [0, 0.05) is 13.1 Å². The van der Waals surface area contributed by atoms with Crippen molar-refractivity contribution in [1.29, 1.82) is 0 Å². The maximum atomic E-state index is 13.8. The Morgan fingerprint density at radius 1 is 0.875 bits per heavy atom. The minimum Gasteiger partial charge on any atom is -0.497 e. The van der Waals surface area contributed by atoms with Crippen LogP contribution in [0.4, 0.5) is 14.5 Å². The Bertz CT molecular complexity index is 1400. The summed E-state index contributed by atoms with van der Waals surface area (Å²) in [6.45, 7) is 5.03. The Hall–Kier alpha value is -3.99. The van der Waals surface area contributed by atoms with Crippen molar-refractivity contribution in [2.24, 2.45) is 5.92 Å². The van der Waals surface area contributed by atoms with E-state index in [1.807, 2.05) is 13.8 Å². The number of carbonyl (C=O) groups is 2. The van der Waals surface area contributed by atoms with Crippen molar-refractivity contribution < 1.29 is 31.5 Å². The largest absolute Gasteiger partial charge is 0.497 e. The van der Waals surface area contributed by atoms with E-state index in [-0.39, 0.29) is 23.0 Å². The summed E-state index contributed by atoms with van der Waals surface area (Å²) in [5.74, 6) is -1.54. The molecule has 0 fully saturated rings. The van der Waals surface area contributed by atoms with Crippen molar-refractivity contribution in [3.05, 3.63) is 90.0 Å². The Labute approximate surface area is 233 Å². The number of benzene rings is 3. The number of hydrogen-bond donors (Lipinski definition) is 1. The zero-order chi connectivity index (χ0) is 29.4. The number of sulfonamides is 1. The zero-order valence-electron chi connectivity index (χ0n) is 22.8. The summed E-state index contributed by atoms with van der Waals surface area (Å²) < 4.78 is 60.7. The second kappa shape index (κ2) is 13.4. The fourth-order valence-electron chi connectivity index (χ4n) is 3.83. The van der Waals surface area contributed by atoms with Crippen LogP contribution in [0.25, 0.3) is 0 Å². The van der Waals surface area contributed by atoms with Gasteiger partial charge in [0.05, 0.1) is 17.7 Å². The Balaban J connectivity index is 2.00. The van der Waals surface area contributed by atoms with E-state index in [0.717, 1.165) is 16.4 Å². The predicted octanol–water partition coefficient (Wildman–Crippen LogP) is 4.36. The quantitative estimate of drug-likeness (QED) is 0.348. The number of nitrogens with one attached hydrogen (secondary N) is 1. The fraction of sp³-hybridized carbons (Fsp3) is 0.310. The van der Waals surface area contributed by atoms with Gasteiger partial charge in [-0.1, -0.05) is 26.0 Å². The van der Waals surface area contributed by atoms with Gasteiger partial charge in [0.1, 0.15) is 30.0 Å². The van der Waals surface area contributed by atoms with Crippen LogP contribution in [0.5, 0.6) is 5.75 Å². The molecule has 11 heteroatoms.